The Morgan fingerprint density at radius 3 is 2.56 bits per heavy atom. The van der Waals surface area contributed by atoms with E-state index in [-0.39, 0.29) is 18.2 Å². The zero-order valence-electron chi connectivity index (χ0n) is 15.3. The number of carbonyl (C=O) groups is 2. The molecule has 3 rings (SSSR count). The quantitative estimate of drug-likeness (QED) is 0.425. The highest BCUT2D eigenvalue weighted by Gasteiger charge is 2.19. The summed E-state index contributed by atoms with van der Waals surface area (Å²) in [6, 6.07) is 14.7. The lowest BCUT2D eigenvalue weighted by Crippen LogP contribution is -2.24. The first kappa shape index (κ1) is 19.0. The van der Waals surface area contributed by atoms with E-state index in [1.807, 2.05) is 24.3 Å². The topological polar surface area (TPSA) is 65.5 Å². The number of carbonyl (C=O) groups excluding carboxylic acids is 2. The molecule has 0 amide bonds. The van der Waals surface area contributed by atoms with Crippen LogP contribution in [-0.2, 0) is 16.0 Å². The summed E-state index contributed by atoms with van der Waals surface area (Å²) in [4.78, 5) is 28.9. The first-order valence-corrected chi connectivity index (χ1v) is 9.60. The third-order valence-electron chi connectivity index (χ3n) is 4.16. The second-order valence-corrected chi connectivity index (χ2v) is 7.27. The molecule has 6 heteroatoms. The zero-order chi connectivity index (χ0) is 19.2. The number of nitrogens with zero attached hydrogens (tertiary/aromatic N) is 1. The van der Waals surface area contributed by atoms with E-state index in [4.69, 9.17) is 9.47 Å². The number of Topliss-reactive ketones (excluding diaryl/α,β-unsaturated/α-hetero) is 1. The van der Waals surface area contributed by atoms with E-state index in [2.05, 4.69) is 4.98 Å². The van der Waals surface area contributed by atoms with E-state index < -0.39 is 6.10 Å². The lowest BCUT2D eigenvalue weighted by molar-refractivity contribution is -0.146. The molecule has 140 valence electrons. The van der Waals surface area contributed by atoms with Crippen molar-refractivity contribution >= 4 is 33.3 Å². The van der Waals surface area contributed by atoms with Crippen LogP contribution in [0.5, 0.6) is 5.75 Å². The van der Waals surface area contributed by atoms with Gasteiger partial charge in [-0.25, -0.2) is 4.98 Å². The van der Waals surface area contributed by atoms with Crippen LogP contribution in [0.4, 0.5) is 0 Å². The number of rotatable bonds is 8. The molecule has 1 atom stereocenters. The molecule has 27 heavy (non-hydrogen) atoms. The Morgan fingerprint density at radius 1 is 1.11 bits per heavy atom. The van der Waals surface area contributed by atoms with Crippen molar-refractivity contribution in [3.63, 3.8) is 0 Å². The fourth-order valence-corrected chi connectivity index (χ4v) is 3.72. The van der Waals surface area contributed by atoms with E-state index in [1.54, 1.807) is 49.6 Å². The van der Waals surface area contributed by atoms with Crippen LogP contribution in [0.25, 0.3) is 10.2 Å². The van der Waals surface area contributed by atoms with Crippen LogP contribution in [-0.4, -0.2) is 30.0 Å². The molecule has 0 aliphatic heterocycles. The Balaban J connectivity index is 1.47. The van der Waals surface area contributed by atoms with Gasteiger partial charge in [0.2, 0.25) is 5.78 Å². The fourth-order valence-electron chi connectivity index (χ4n) is 2.71. The van der Waals surface area contributed by atoms with Gasteiger partial charge in [0.25, 0.3) is 0 Å². The lowest BCUT2D eigenvalue weighted by atomic mass is 10.1. The summed E-state index contributed by atoms with van der Waals surface area (Å²) in [6.07, 6.45) is 0.807. The molecule has 0 spiro atoms. The van der Waals surface area contributed by atoms with Gasteiger partial charge < -0.3 is 9.47 Å². The molecule has 0 saturated carbocycles. The van der Waals surface area contributed by atoms with Gasteiger partial charge >= 0.3 is 5.97 Å². The van der Waals surface area contributed by atoms with Gasteiger partial charge in [0.15, 0.2) is 6.10 Å². The highest BCUT2D eigenvalue weighted by atomic mass is 32.1. The van der Waals surface area contributed by atoms with Crippen LogP contribution in [0.2, 0.25) is 0 Å². The Hall–Kier alpha value is -2.73. The van der Waals surface area contributed by atoms with E-state index in [9.17, 15) is 9.59 Å². The van der Waals surface area contributed by atoms with E-state index in [0.717, 1.165) is 21.6 Å². The molecule has 1 heterocycles. The second-order valence-electron chi connectivity index (χ2n) is 6.15. The maximum absolute atomic E-state index is 12.3. The number of hydrogen-bond donors (Lipinski definition) is 0. The van der Waals surface area contributed by atoms with Crippen LogP contribution in [0.15, 0.2) is 48.5 Å². The van der Waals surface area contributed by atoms with Crippen LogP contribution < -0.4 is 4.74 Å². The maximum atomic E-state index is 12.3. The molecule has 1 aromatic heterocycles. The van der Waals surface area contributed by atoms with Gasteiger partial charge in [-0.1, -0.05) is 12.1 Å². The van der Waals surface area contributed by atoms with E-state index in [1.165, 1.54) is 0 Å². The number of ether oxygens (including phenoxy) is 2. The Kier molecular flexibility index (Phi) is 6.19. The van der Waals surface area contributed by atoms with Crippen molar-refractivity contribution in [3.05, 3.63) is 59.1 Å². The van der Waals surface area contributed by atoms with Crippen molar-refractivity contribution in [2.45, 2.75) is 32.3 Å². The minimum absolute atomic E-state index is 0.225. The van der Waals surface area contributed by atoms with Crippen molar-refractivity contribution in [3.8, 4) is 5.75 Å². The zero-order valence-corrected chi connectivity index (χ0v) is 16.1. The molecule has 2 aromatic carbocycles. The van der Waals surface area contributed by atoms with Crippen LogP contribution in [0.3, 0.4) is 0 Å². The number of esters is 1. The summed E-state index contributed by atoms with van der Waals surface area (Å²) in [5.74, 6) is 0.0775. The number of fused-ring (bicyclic) bond motifs is 1. The smallest absolute Gasteiger partial charge is 0.306 e. The third-order valence-corrected chi connectivity index (χ3v) is 5.26. The van der Waals surface area contributed by atoms with Crippen LogP contribution in [0, 0.1) is 0 Å². The van der Waals surface area contributed by atoms with Gasteiger partial charge in [-0.2, -0.15) is 0 Å². The number of ketones is 1. The maximum Gasteiger partial charge on any atom is 0.306 e. The van der Waals surface area contributed by atoms with Gasteiger partial charge in [0, 0.05) is 12.0 Å². The first-order valence-electron chi connectivity index (χ1n) is 8.79. The summed E-state index contributed by atoms with van der Waals surface area (Å²) >= 11 is 1.64. The number of hydrogen-bond acceptors (Lipinski definition) is 6. The highest BCUT2D eigenvalue weighted by Crippen LogP contribution is 2.23. The molecule has 0 radical (unpaired) electrons. The Bertz CT molecular complexity index is 900. The number of para-hydroxylation sites is 1. The van der Waals surface area contributed by atoms with Gasteiger partial charge in [0.05, 0.1) is 22.3 Å². The third kappa shape index (κ3) is 4.92. The van der Waals surface area contributed by atoms with Crippen molar-refractivity contribution in [1.29, 1.82) is 0 Å². The van der Waals surface area contributed by atoms with Crippen LogP contribution in [0.1, 0.15) is 35.1 Å². The van der Waals surface area contributed by atoms with Crippen molar-refractivity contribution < 1.29 is 19.1 Å². The predicted octanol–water partition coefficient (Wildman–Crippen LogP) is 4.44. The van der Waals surface area contributed by atoms with Crippen molar-refractivity contribution in [1.82, 2.24) is 4.98 Å². The SMILES string of the molecule is COc1ccc(C(=O)[C@H](C)OC(=O)CCCc2nc3ccccc3s2)cc1. The molecule has 0 bridgehead atoms. The standard InChI is InChI=1S/C21H21NO4S/c1-14(21(24)15-10-12-16(25-2)13-11-15)26-20(23)9-5-8-19-22-17-6-3-4-7-18(17)27-19/h3-4,6-7,10-14H,5,8-9H2,1-2H3/t14-/m0/s1. The number of methoxy groups -OCH3 is 1. The van der Waals surface area contributed by atoms with Gasteiger partial charge in [0.1, 0.15) is 5.75 Å². The van der Waals surface area contributed by atoms with Gasteiger partial charge in [-0.05, 0) is 56.2 Å². The molecule has 0 unspecified atom stereocenters. The lowest BCUT2D eigenvalue weighted by Gasteiger charge is -2.12. The molecule has 0 saturated heterocycles. The molecule has 0 aliphatic rings. The summed E-state index contributed by atoms with van der Waals surface area (Å²) in [7, 11) is 1.57. The minimum atomic E-state index is -0.812. The molecule has 3 aromatic rings. The Morgan fingerprint density at radius 2 is 1.85 bits per heavy atom. The Labute approximate surface area is 161 Å². The number of benzene rings is 2. The number of aromatic nitrogens is 1. The molecule has 0 fully saturated rings. The summed E-state index contributed by atoms with van der Waals surface area (Å²) < 4.78 is 11.5. The molecular weight excluding hydrogens is 362 g/mol. The average Bonchev–Trinajstić information content (AvgIpc) is 3.10. The normalized spacial score (nSPS) is 11.9. The molecule has 5 nitrogen and oxygen atoms in total. The number of aryl methyl sites for hydroxylation is 1. The first-order chi connectivity index (χ1) is 13.1. The minimum Gasteiger partial charge on any atom is -0.497 e. The second kappa shape index (κ2) is 8.77. The summed E-state index contributed by atoms with van der Waals surface area (Å²) in [5.41, 5.74) is 1.48. The highest BCUT2D eigenvalue weighted by molar-refractivity contribution is 7.18. The van der Waals surface area contributed by atoms with Gasteiger partial charge in [-0.3, -0.25) is 9.59 Å². The van der Waals surface area contributed by atoms with E-state index >= 15 is 0 Å². The summed E-state index contributed by atoms with van der Waals surface area (Å²) in [6.45, 7) is 1.60. The molecular formula is C21H21NO4S. The number of thiazole rings is 1. The average molecular weight is 383 g/mol. The summed E-state index contributed by atoms with van der Waals surface area (Å²) in [5, 5.41) is 1.01. The van der Waals surface area contributed by atoms with Gasteiger partial charge in [-0.15, -0.1) is 11.3 Å². The van der Waals surface area contributed by atoms with Crippen molar-refractivity contribution in [2.75, 3.05) is 7.11 Å². The fraction of sp³-hybridized carbons (Fsp3) is 0.286. The van der Waals surface area contributed by atoms with Crippen molar-refractivity contribution in [2.24, 2.45) is 0 Å². The monoisotopic (exact) mass is 383 g/mol. The van der Waals surface area contributed by atoms with Crippen LogP contribution >= 0.6 is 11.3 Å². The van der Waals surface area contributed by atoms with E-state index in [0.29, 0.717) is 17.7 Å². The predicted molar refractivity (Wildman–Crippen MR) is 105 cm³/mol. The molecule has 0 N–H and O–H groups in total. The molecule has 0 aliphatic carbocycles. The largest absolute Gasteiger partial charge is 0.497 e.